The van der Waals surface area contributed by atoms with Gasteiger partial charge < -0.3 is 4.52 Å². The van der Waals surface area contributed by atoms with Crippen LogP contribution < -0.4 is 11.2 Å². The van der Waals surface area contributed by atoms with Crippen molar-refractivity contribution in [3.05, 3.63) is 66.8 Å². The van der Waals surface area contributed by atoms with Crippen molar-refractivity contribution >= 4 is 11.6 Å². The fourth-order valence-corrected chi connectivity index (χ4v) is 2.79. The highest BCUT2D eigenvalue weighted by molar-refractivity contribution is 6.31. The first kappa shape index (κ1) is 13.2. The van der Waals surface area contributed by atoms with E-state index in [0.29, 0.717) is 29.0 Å². The first-order valence-corrected chi connectivity index (χ1v) is 7.04. The molecule has 1 aromatic heterocycles. The predicted octanol–water partition coefficient (Wildman–Crippen LogP) is 2.38. The lowest BCUT2D eigenvalue weighted by molar-refractivity contribution is 0.229. The molecule has 1 aliphatic rings. The van der Waals surface area contributed by atoms with Crippen molar-refractivity contribution < 1.29 is 4.52 Å². The third-order valence-corrected chi connectivity index (χ3v) is 4.03. The van der Waals surface area contributed by atoms with Crippen molar-refractivity contribution in [3.63, 3.8) is 0 Å². The highest BCUT2D eigenvalue weighted by atomic mass is 35.5. The van der Waals surface area contributed by atoms with Crippen LogP contribution in [0.2, 0.25) is 5.02 Å². The molecule has 4 nitrogen and oxygen atoms in total. The number of halogens is 1. The SMILES string of the molecule is O=c1on(Cc2ccccc2Cl)c(=O)c2c1CCCC2. The van der Waals surface area contributed by atoms with Crippen LogP contribution in [-0.4, -0.2) is 4.74 Å². The van der Waals surface area contributed by atoms with Crippen LogP contribution in [0.25, 0.3) is 0 Å². The quantitative estimate of drug-likeness (QED) is 0.853. The minimum atomic E-state index is -0.397. The topological polar surface area (TPSA) is 52.2 Å². The van der Waals surface area contributed by atoms with Crippen LogP contribution in [0.5, 0.6) is 0 Å². The number of hydrogen-bond donors (Lipinski definition) is 0. The van der Waals surface area contributed by atoms with E-state index in [1.807, 2.05) is 18.2 Å². The van der Waals surface area contributed by atoms with Crippen molar-refractivity contribution in [1.82, 2.24) is 4.74 Å². The Kier molecular flexibility index (Phi) is 3.49. The van der Waals surface area contributed by atoms with Crippen LogP contribution in [0.1, 0.15) is 29.5 Å². The molecule has 0 atom stereocenters. The molecule has 0 unspecified atom stereocenters. The summed E-state index contributed by atoms with van der Waals surface area (Å²) in [5, 5.41) is 0.555. The zero-order valence-electron chi connectivity index (χ0n) is 10.9. The molecule has 0 amide bonds. The van der Waals surface area contributed by atoms with Crippen molar-refractivity contribution in [3.8, 4) is 0 Å². The van der Waals surface area contributed by atoms with Crippen molar-refractivity contribution in [1.29, 1.82) is 0 Å². The van der Waals surface area contributed by atoms with Crippen LogP contribution in [-0.2, 0) is 19.4 Å². The smallest absolute Gasteiger partial charge is 0.332 e. The highest BCUT2D eigenvalue weighted by Gasteiger charge is 2.20. The summed E-state index contributed by atoms with van der Waals surface area (Å²) in [7, 11) is 0. The Labute approximate surface area is 120 Å². The minimum absolute atomic E-state index is 0.182. The summed E-state index contributed by atoms with van der Waals surface area (Å²) < 4.78 is 6.27. The van der Waals surface area contributed by atoms with Crippen molar-refractivity contribution in [2.24, 2.45) is 0 Å². The monoisotopic (exact) mass is 291 g/mol. The van der Waals surface area contributed by atoms with Gasteiger partial charge in [0.15, 0.2) is 0 Å². The zero-order chi connectivity index (χ0) is 14.1. The average Bonchev–Trinajstić information content (AvgIpc) is 2.47. The zero-order valence-corrected chi connectivity index (χ0v) is 11.7. The molecule has 0 spiro atoms. The Hall–Kier alpha value is -1.81. The van der Waals surface area contributed by atoms with Gasteiger partial charge in [-0.1, -0.05) is 29.8 Å². The van der Waals surface area contributed by atoms with Gasteiger partial charge in [0.05, 0.1) is 6.54 Å². The molecule has 5 heteroatoms. The molecular formula is C15H14ClNO3. The number of nitrogens with zero attached hydrogens (tertiary/aromatic N) is 1. The van der Waals surface area contributed by atoms with Gasteiger partial charge in [-0.2, -0.15) is 4.74 Å². The highest BCUT2D eigenvalue weighted by Crippen LogP contribution is 2.17. The van der Waals surface area contributed by atoms with E-state index < -0.39 is 5.63 Å². The first-order valence-electron chi connectivity index (χ1n) is 6.66. The van der Waals surface area contributed by atoms with E-state index in [1.165, 1.54) is 0 Å². The summed E-state index contributed by atoms with van der Waals surface area (Å²) in [6.07, 6.45) is 3.17. The van der Waals surface area contributed by atoms with E-state index in [9.17, 15) is 9.59 Å². The molecule has 0 N–H and O–H groups in total. The molecule has 104 valence electrons. The van der Waals surface area contributed by atoms with Crippen LogP contribution in [0.4, 0.5) is 0 Å². The summed E-state index contributed by atoms with van der Waals surface area (Å²) in [5.41, 5.74) is 1.32. The summed E-state index contributed by atoms with van der Waals surface area (Å²) >= 11 is 6.07. The Balaban J connectivity index is 2.07. The van der Waals surface area contributed by atoms with E-state index >= 15 is 0 Å². The van der Waals surface area contributed by atoms with Gasteiger partial charge in [0.2, 0.25) is 0 Å². The number of hydrogen-bond acceptors (Lipinski definition) is 3. The van der Waals surface area contributed by atoms with Gasteiger partial charge in [-0.05, 0) is 37.3 Å². The van der Waals surface area contributed by atoms with Crippen molar-refractivity contribution in [2.75, 3.05) is 0 Å². The lowest BCUT2D eigenvalue weighted by atomic mass is 9.94. The molecule has 1 aromatic carbocycles. The van der Waals surface area contributed by atoms with Crippen LogP contribution in [0, 0.1) is 0 Å². The third-order valence-electron chi connectivity index (χ3n) is 3.66. The van der Waals surface area contributed by atoms with Gasteiger partial charge in [0, 0.05) is 16.1 Å². The third kappa shape index (κ3) is 2.31. The molecule has 0 saturated carbocycles. The predicted molar refractivity (Wildman–Crippen MR) is 76.4 cm³/mol. The van der Waals surface area contributed by atoms with Gasteiger partial charge in [-0.25, -0.2) is 4.79 Å². The minimum Gasteiger partial charge on any atom is -0.332 e. The molecule has 20 heavy (non-hydrogen) atoms. The molecule has 1 heterocycles. The average molecular weight is 292 g/mol. The molecule has 0 bridgehead atoms. The summed E-state index contributed by atoms with van der Waals surface area (Å²) in [6, 6.07) is 7.22. The molecule has 0 saturated heterocycles. The van der Waals surface area contributed by atoms with Crippen LogP contribution >= 0.6 is 11.6 Å². The van der Waals surface area contributed by atoms with Crippen LogP contribution in [0.15, 0.2) is 38.4 Å². The summed E-state index contributed by atoms with van der Waals surface area (Å²) in [5.74, 6) is 0. The molecule has 1 aliphatic carbocycles. The van der Waals surface area contributed by atoms with Gasteiger partial charge in [-0.15, -0.1) is 0 Å². The van der Waals surface area contributed by atoms with Gasteiger partial charge in [-0.3, -0.25) is 4.79 Å². The maximum Gasteiger partial charge on any atom is 0.359 e. The van der Waals surface area contributed by atoms with E-state index in [-0.39, 0.29) is 12.1 Å². The molecule has 3 rings (SSSR count). The van der Waals surface area contributed by atoms with E-state index in [4.69, 9.17) is 16.1 Å². The Morgan fingerprint density at radius 1 is 1.10 bits per heavy atom. The normalized spacial score (nSPS) is 14.1. The van der Waals surface area contributed by atoms with Gasteiger partial charge in [0.1, 0.15) is 0 Å². The van der Waals surface area contributed by atoms with Gasteiger partial charge >= 0.3 is 5.63 Å². The molecule has 0 fully saturated rings. The first-order chi connectivity index (χ1) is 9.66. The molecule has 2 aromatic rings. The van der Waals surface area contributed by atoms with E-state index in [2.05, 4.69) is 0 Å². The van der Waals surface area contributed by atoms with E-state index in [1.54, 1.807) is 6.07 Å². The fourth-order valence-electron chi connectivity index (χ4n) is 2.60. The van der Waals surface area contributed by atoms with Crippen LogP contribution in [0.3, 0.4) is 0 Å². The standard InChI is InChI=1S/C15H14ClNO3/c16-13-8-4-1-5-10(13)9-17-14(18)11-6-2-3-7-12(11)15(19)20-17/h1,4-5,8H,2-3,6-7,9H2. The number of aromatic nitrogens is 1. The molecule has 0 radical (unpaired) electrons. The second kappa shape index (κ2) is 5.29. The van der Waals surface area contributed by atoms with Crippen molar-refractivity contribution in [2.45, 2.75) is 32.2 Å². The maximum absolute atomic E-state index is 12.4. The number of fused-ring (bicyclic) bond motifs is 1. The number of benzene rings is 1. The summed E-state index contributed by atoms with van der Waals surface area (Å²) in [4.78, 5) is 24.3. The lowest BCUT2D eigenvalue weighted by Gasteiger charge is -2.14. The largest absolute Gasteiger partial charge is 0.359 e. The lowest BCUT2D eigenvalue weighted by Crippen LogP contribution is -2.33. The van der Waals surface area contributed by atoms with Gasteiger partial charge in [0.25, 0.3) is 5.56 Å². The molecule has 0 aliphatic heterocycles. The molecular weight excluding hydrogens is 278 g/mol. The maximum atomic E-state index is 12.4. The van der Waals surface area contributed by atoms with E-state index in [0.717, 1.165) is 23.1 Å². The Morgan fingerprint density at radius 2 is 1.80 bits per heavy atom. The number of rotatable bonds is 2. The Bertz CT molecular complexity index is 760. The fraction of sp³-hybridized carbons (Fsp3) is 0.333. The Morgan fingerprint density at radius 3 is 2.55 bits per heavy atom. The summed E-state index contributed by atoms with van der Waals surface area (Å²) in [6.45, 7) is 0.182. The second-order valence-electron chi connectivity index (χ2n) is 4.98. The second-order valence-corrected chi connectivity index (χ2v) is 5.38.